The predicted molar refractivity (Wildman–Crippen MR) is 117 cm³/mol. The number of ether oxygens (including phenoxy) is 2. The fourth-order valence-electron chi connectivity index (χ4n) is 4.21. The summed E-state index contributed by atoms with van der Waals surface area (Å²) < 4.78 is 53.2. The van der Waals surface area contributed by atoms with Crippen LogP contribution in [0.25, 0.3) is 0 Å². The number of unbranched alkanes of at least 4 members (excludes halogenated alkanes) is 3. The summed E-state index contributed by atoms with van der Waals surface area (Å²) in [6.07, 6.45) is 8.07. The second kappa shape index (κ2) is 11.4. The van der Waals surface area contributed by atoms with Crippen LogP contribution in [0.1, 0.15) is 75.3 Å². The Hall–Kier alpha value is -2.17. The second-order valence-electron chi connectivity index (χ2n) is 8.64. The van der Waals surface area contributed by atoms with Crippen molar-refractivity contribution >= 4 is 0 Å². The monoisotopic (exact) mass is 434 g/mol. The third kappa shape index (κ3) is 6.41. The minimum atomic E-state index is -0.920. The molecule has 1 aliphatic carbocycles. The molecule has 2 nitrogen and oxygen atoms in total. The van der Waals surface area contributed by atoms with Crippen LogP contribution in [0.3, 0.4) is 0 Å². The second-order valence-corrected chi connectivity index (χ2v) is 8.64. The maximum absolute atomic E-state index is 14.5. The van der Waals surface area contributed by atoms with Gasteiger partial charge >= 0.3 is 0 Å². The molecule has 0 aromatic heterocycles. The van der Waals surface area contributed by atoms with Gasteiger partial charge in [-0.1, -0.05) is 38.3 Å². The zero-order chi connectivity index (χ0) is 22.2. The smallest absolute Gasteiger partial charge is 0.200 e. The molecule has 0 unspecified atom stereocenters. The van der Waals surface area contributed by atoms with Crippen molar-refractivity contribution < 1.29 is 22.6 Å². The molecule has 5 heteroatoms. The van der Waals surface area contributed by atoms with E-state index < -0.39 is 11.6 Å². The first-order valence-corrected chi connectivity index (χ1v) is 11.5. The van der Waals surface area contributed by atoms with Crippen molar-refractivity contribution in [2.45, 2.75) is 71.1 Å². The summed E-state index contributed by atoms with van der Waals surface area (Å²) in [4.78, 5) is 0. The molecule has 1 saturated carbocycles. The van der Waals surface area contributed by atoms with Crippen molar-refractivity contribution in [1.29, 1.82) is 0 Å². The number of benzene rings is 2. The van der Waals surface area contributed by atoms with Crippen LogP contribution in [-0.2, 0) is 0 Å². The molecular weight excluding hydrogens is 401 g/mol. The van der Waals surface area contributed by atoms with Gasteiger partial charge in [0, 0.05) is 0 Å². The zero-order valence-electron chi connectivity index (χ0n) is 18.6. The topological polar surface area (TPSA) is 18.5 Å². The van der Waals surface area contributed by atoms with E-state index in [1.54, 1.807) is 12.1 Å². The molecule has 0 heterocycles. The molecule has 1 fully saturated rings. The van der Waals surface area contributed by atoms with Crippen LogP contribution in [0.5, 0.6) is 11.5 Å². The average Bonchev–Trinajstić information content (AvgIpc) is 2.78. The molecule has 0 bridgehead atoms. The molecule has 0 saturated heterocycles. The zero-order valence-corrected chi connectivity index (χ0v) is 18.6. The fourth-order valence-corrected chi connectivity index (χ4v) is 4.21. The molecule has 2 aromatic carbocycles. The van der Waals surface area contributed by atoms with E-state index in [0.29, 0.717) is 24.9 Å². The van der Waals surface area contributed by atoms with Gasteiger partial charge in [-0.15, -0.1) is 0 Å². The first kappa shape index (κ1) is 23.5. The number of aryl methyl sites for hydroxylation is 1. The number of halogens is 3. The third-order valence-corrected chi connectivity index (χ3v) is 6.24. The predicted octanol–water partition coefficient (Wildman–Crippen LogP) is 7.72. The molecule has 0 aliphatic heterocycles. The number of rotatable bonds is 10. The molecule has 0 spiro atoms. The lowest BCUT2D eigenvalue weighted by Gasteiger charge is -2.29. The molecule has 2 aromatic rings. The Labute approximate surface area is 183 Å². The summed E-state index contributed by atoms with van der Waals surface area (Å²) in [6.45, 7) is 4.60. The minimum absolute atomic E-state index is 0.0300. The molecule has 0 radical (unpaired) electrons. The lowest BCUT2D eigenvalue weighted by Crippen LogP contribution is -2.19. The van der Waals surface area contributed by atoms with Gasteiger partial charge in [-0.05, 0) is 80.2 Å². The van der Waals surface area contributed by atoms with Crippen LogP contribution in [0.4, 0.5) is 13.2 Å². The van der Waals surface area contributed by atoms with Crippen molar-refractivity contribution in [3.63, 3.8) is 0 Å². The highest BCUT2D eigenvalue weighted by Crippen LogP contribution is 2.37. The Morgan fingerprint density at radius 3 is 2.29 bits per heavy atom. The van der Waals surface area contributed by atoms with Gasteiger partial charge in [0.05, 0.1) is 13.2 Å². The van der Waals surface area contributed by atoms with Gasteiger partial charge < -0.3 is 9.47 Å². The SMILES string of the molecule is CCCCCCOc1ccc(C2CCC(COc3ccc(C)c(F)c3F)CC2)cc1F. The molecule has 0 N–H and O–H groups in total. The van der Waals surface area contributed by atoms with Gasteiger partial charge in [-0.3, -0.25) is 0 Å². The Balaban J connectivity index is 1.46. The minimum Gasteiger partial charge on any atom is -0.491 e. The van der Waals surface area contributed by atoms with Gasteiger partial charge in [-0.2, -0.15) is 4.39 Å². The molecule has 1 aliphatic rings. The highest BCUT2D eigenvalue weighted by atomic mass is 19.2. The van der Waals surface area contributed by atoms with Crippen molar-refractivity contribution in [3.8, 4) is 11.5 Å². The van der Waals surface area contributed by atoms with Crippen LogP contribution >= 0.6 is 0 Å². The third-order valence-electron chi connectivity index (χ3n) is 6.24. The molecule has 0 amide bonds. The van der Waals surface area contributed by atoms with Gasteiger partial charge in [0.15, 0.2) is 23.1 Å². The maximum Gasteiger partial charge on any atom is 0.200 e. The van der Waals surface area contributed by atoms with Gasteiger partial charge in [-0.25, -0.2) is 8.78 Å². The van der Waals surface area contributed by atoms with Crippen molar-refractivity contribution in [3.05, 3.63) is 58.9 Å². The Morgan fingerprint density at radius 2 is 1.58 bits per heavy atom. The van der Waals surface area contributed by atoms with Crippen molar-refractivity contribution in [2.24, 2.45) is 5.92 Å². The Bertz CT molecular complexity index is 845. The van der Waals surface area contributed by atoms with E-state index in [-0.39, 0.29) is 23.0 Å². The summed E-state index contributed by atoms with van der Waals surface area (Å²) in [5, 5.41) is 0. The van der Waals surface area contributed by atoms with E-state index in [0.717, 1.165) is 44.1 Å². The highest BCUT2D eigenvalue weighted by molar-refractivity contribution is 5.32. The summed E-state index contributed by atoms with van der Waals surface area (Å²) in [5.74, 6) is -1.18. The van der Waals surface area contributed by atoms with E-state index in [4.69, 9.17) is 9.47 Å². The van der Waals surface area contributed by atoms with E-state index in [1.807, 2.05) is 6.07 Å². The molecule has 3 rings (SSSR count). The van der Waals surface area contributed by atoms with E-state index in [9.17, 15) is 13.2 Å². The maximum atomic E-state index is 14.5. The van der Waals surface area contributed by atoms with E-state index in [2.05, 4.69) is 6.92 Å². The van der Waals surface area contributed by atoms with Crippen LogP contribution in [0.2, 0.25) is 0 Å². The van der Waals surface area contributed by atoms with E-state index >= 15 is 0 Å². The van der Waals surface area contributed by atoms with Gasteiger partial charge in [0.25, 0.3) is 0 Å². The average molecular weight is 435 g/mol. The standard InChI is InChI=1S/C26H33F3O2/c1-3-4-5-6-15-30-23-14-12-21(16-22(23)27)20-10-8-19(9-11-20)17-31-24-13-7-18(2)25(28)26(24)29/h7,12-14,16,19-20H,3-6,8-11,15,17H2,1-2H3. The van der Waals surface area contributed by atoms with Crippen LogP contribution < -0.4 is 9.47 Å². The molecule has 31 heavy (non-hydrogen) atoms. The van der Waals surface area contributed by atoms with Crippen LogP contribution in [-0.4, -0.2) is 13.2 Å². The van der Waals surface area contributed by atoms with Gasteiger partial charge in [0.2, 0.25) is 5.82 Å². The largest absolute Gasteiger partial charge is 0.491 e. The normalized spacial score (nSPS) is 18.7. The fraction of sp³-hybridized carbons (Fsp3) is 0.538. The van der Waals surface area contributed by atoms with Gasteiger partial charge in [0.1, 0.15) is 0 Å². The first-order valence-electron chi connectivity index (χ1n) is 11.5. The van der Waals surface area contributed by atoms with Crippen molar-refractivity contribution in [2.75, 3.05) is 13.2 Å². The quantitative estimate of drug-likeness (QED) is 0.356. The van der Waals surface area contributed by atoms with Crippen LogP contribution in [0, 0.1) is 30.3 Å². The van der Waals surface area contributed by atoms with Crippen LogP contribution in [0.15, 0.2) is 30.3 Å². The Kier molecular flexibility index (Phi) is 8.68. The Morgan fingerprint density at radius 1 is 0.839 bits per heavy atom. The van der Waals surface area contributed by atoms with Crippen molar-refractivity contribution in [1.82, 2.24) is 0 Å². The summed E-state index contributed by atoms with van der Waals surface area (Å²) in [6, 6.07) is 8.32. The molecular formula is C26H33F3O2. The first-order chi connectivity index (χ1) is 15.0. The summed E-state index contributed by atoms with van der Waals surface area (Å²) >= 11 is 0. The molecule has 170 valence electrons. The lowest BCUT2D eigenvalue weighted by molar-refractivity contribution is 0.192. The number of hydrogen-bond donors (Lipinski definition) is 0. The summed E-state index contributed by atoms with van der Waals surface area (Å²) in [7, 11) is 0. The summed E-state index contributed by atoms with van der Waals surface area (Å²) in [5.41, 5.74) is 1.27. The molecule has 0 atom stereocenters. The van der Waals surface area contributed by atoms with E-state index in [1.165, 1.54) is 31.9 Å². The highest BCUT2D eigenvalue weighted by Gasteiger charge is 2.24. The number of hydrogen-bond acceptors (Lipinski definition) is 2. The lowest BCUT2D eigenvalue weighted by atomic mass is 9.79.